The summed E-state index contributed by atoms with van der Waals surface area (Å²) in [7, 11) is 0. The van der Waals surface area contributed by atoms with Crippen LogP contribution in [0.25, 0.3) is 0 Å². The summed E-state index contributed by atoms with van der Waals surface area (Å²) in [6.07, 6.45) is 1.59. The maximum absolute atomic E-state index is 11.4. The van der Waals surface area contributed by atoms with Gasteiger partial charge in [-0.05, 0) is 6.42 Å². The van der Waals surface area contributed by atoms with Crippen LogP contribution in [0.2, 0.25) is 0 Å². The first kappa shape index (κ1) is 8.38. The van der Waals surface area contributed by atoms with E-state index in [4.69, 9.17) is 4.74 Å². The van der Waals surface area contributed by atoms with Gasteiger partial charge in [0, 0.05) is 24.8 Å². The lowest BCUT2D eigenvalue weighted by Gasteiger charge is -2.22. The van der Waals surface area contributed by atoms with E-state index in [1.54, 1.807) is 0 Å². The number of thiol groups is 1. The molecule has 4 heteroatoms. The molecule has 2 atom stereocenters. The van der Waals surface area contributed by atoms with Gasteiger partial charge in [0.05, 0.1) is 12.6 Å². The van der Waals surface area contributed by atoms with E-state index < -0.39 is 0 Å². The highest BCUT2D eigenvalue weighted by Crippen LogP contribution is 2.22. The Kier molecular flexibility index (Phi) is 2.28. The number of rotatable bonds is 1. The van der Waals surface area contributed by atoms with E-state index in [0.29, 0.717) is 19.1 Å². The molecular weight excluding hydrogens is 174 g/mol. The van der Waals surface area contributed by atoms with Crippen LogP contribution in [0.5, 0.6) is 0 Å². The van der Waals surface area contributed by atoms with Crippen molar-refractivity contribution in [1.29, 1.82) is 0 Å². The highest BCUT2D eigenvalue weighted by molar-refractivity contribution is 7.81. The molecule has 0 aromatic rings. The molecule has 12 heavy (non-hydrogen) atoms. The lowest BCUT2D eigenvalue weighted by atomic mass is 10.2. The second kappa shape index (κ2) is 3.26. The summed E-state index contributed by atoms with van der Waals surface area (Å²) in [5.41, 5.74) is 0. The lowest BCUT2D eigenvalue weighted by Crippen LogP contribution is -2.36. The van der Waals surface area contributed by atoms with Crippen molar-refractivity contribution in [2.75, 3.05) is 19.8 Å². The minimum Gasteiger partial charge on any atom is -0.379 e. The Morgan fingerprint density at radius 1 is 1.58 bits per heavy atom. The molecule has 2 saturated heterocycles. The van der Waals surface area contributed by atoms with Gasteiger partial charge < -0.3 is 9.64 Å². The number of nitrogens with zero attached hydrogens (tertiary/aromatic N) is 1. The number of carbonyl (C=O) groups is 1. The number of hydrogen-bond donors (Lipinski definition) is 1. The number of hydrogen-bond acceptors (Lipinski definition) is 3. The fourth-order valence-corrected chi connectivity index (χ4v) is 2.16. The van der Waals surface area contributed by atoms with E-state index in [0.717, 1.165) is 19.6 Å². The monoisotopic (exact) mass is 187 g/mol. The van der Waals surface area contributed by atoms with Crippen LogP contribution in [0.15, 0.2) is 0 Å². The lowest BCUT2D eigenvalue weighted by molar-refractivity contribution is -0.129. The molecule has 2 aliphatic rings. The molecule has 1 amide bonds. The van der Waals surface area contributed by atoms with Crippen molar-refractivity contribution in [3.05, 3.63) is 0 Å². The average Bonchev–Trinajstić information content (AvgIpc) is 2.58. The topological polar surface area (TPSA) is 29.5 Å². The first-order valence-corrected chi connectivity index (χ1v) is 4.84. The summed E-state index contributed by atoms with van der Waals surface area (Å²) in [5.74, 6) is 0.241. The van der Waals surface area contributed by atoms with Crippen LogP contribution in [0, 0.1) is 0 Å². The second-order valence-electron chi connectivity index (χ2n) is 3.42. The maximum Gasteiger partial charge on any atom is 0.224 e. The predicted octanol–water partition coefficient (Wildman–Crippen LogP) is 0.306. The van der Waals surface area contributed by atoms with Crippen molar-refractivity contribution in [2.24, 2.45) is 0 Å². The minimum atomic E-state index is 0.234. The molecule has 0 radical (unpaired) electrons. The summed E-state index contributed by atoms with van der Waals surface area (Å²) in [6, 6.07) is 0.328. The molecule has 0 spiro atoms. The van der Waals surface area contributed by atoms with Crippen LogP contribution in [-0.4, -0.2) is 41.9 Å². The molecule has 2 fully saturated rings. The zero-order valence-corrected chi connectivity index (χ0v) is 7.80. The Hall–Kier alpha value is -0.220. The van der Waals surface area contributed by atoms with E-state index >= 15 is 0 Å². The van der Waals surface area contributed by atoms with Gasteiger partial charge in [0.1, 0.15) is 0 Å². The summed E-state index contributed by atoms with van der Waals surface area (Å²) in [6.45, 7) is 2.31. The van der Waals surface area contributed by atoms with Gasteiger partial charge in [-0.3, -0.25) is 4.79 Å². The first-order valence-electron chi connectivity index (χ1n) is 4.32. The largest absolute Gasteiger partial charge is 0.379 e. The molecule has 3 nitrogen and oxygen atoms in total. The van der Waals surface area contributed by atoms with Crippen molar-refractivity contribution in [1.82, 2.24) is 4.90 Å². The third-order valence-corrected chi connectivity index (χ3v) is 2.83. The van der Waals surface area contributed by atoms with Gasteiger partial charge in [0.25, 0.3) is 0 Å². The number of amides is 1. The van der Waals surface area contributed by atoms with Gasteiger partial charge in [-0.1, -0.05) is 0 Å². The van der Waals surface area contributed by atoms with Crippen molar-refractivity contribution < 1.29 is 9.53 Å². The highest BCUT2D eigenvalue weighted by atomic mass is 32.1. The zero-order valence-electron chi connectivity index (χ0n) is 6.90. The Morgan fingerprint density at radius 3 is 2.92 bits per heavy atom. The number of ether oxygens (including phenoxy) is 1. The third kappa shape index (κ3) is 1.45. The van der Waals surface area contributed by atoms with Crippen molar-refractivity contribution >= 4 is 18.5 Å². The molecule has 0 bridgehead atoms. The van der Waals surface area contributed by atoms with Gasteiger partial charge in [-0.15, -0.1) is 0 Å². The van der Waals surface area contributed by atoms with Crippen LogP contribution in [0.3, 0.4) is 0 Å². The molecule has 68 valence electrons. The molecule has 1 unspecified atom stereocenters. The van der Waals surface area contributed by atoms with Gasteiger partial charge in [0.2, 0.25) is 5.91 Å². The van der Waals surface area contributed by atoms with Crippen LogP contribution >= 0.6 is 12.6 Å². The van der Waals surface area contributed by atoms with Crippen LogP contribution in [-0.2, 0) is 9.53 Å². The smallest absolute Gasteiger partial charge is 0.224 e. The molecule has 0 aromatic carbocycles. The van der Waals surface area contributed by atoms with E-state index in [2.05, 4.69) is 12.6 Å². The third-order valence-electron chi connectivity index (χ3n) is 2.48. The van der Waals surface area contributed by atoms with Crippen molar-refractivity contribution in [3.63, 3.8) is 0 Å². The summed E-state index contributed by atoms with van der Waals surface area (Å²) in [5, 5.41) is 0.234. The molecule has 2 aliphatic heterocycles. The Labute approximate surface area is 77.5 Å². The molecule has 2 heterocycles. The summed E-state index contributed by atoms with van der Waals surface area (Å²) < 4.78 is 5.23. The van der Waals surface area contributed by atoms with Crippen molar-refractivity contribution in [2.45, 2.75) is 24.1 Å². The summed E-state index contributed by atoms with van der Waals surface area (Å²) >= 11 is 4.30. The average molecular weight is 187 g/mol. The molecule has 0 N–H and O–H groups in total. The highest BCUT2D eigenvalue weighted by Gasteiger charge is 2.34. The van der Waals surface area contributed by atoms with E-state index in [9.17, 15) is 4.79 Å². The first-order chi connectivity index (χ1) is 5.77. The fourth-order valence-electron chi connectivity index (χ4n) is 1.83. The molecule has 0 saturated carbocycles. The molecule has 2 rings (SSSR count). The van der Waals surface area contributed by atoms with E-state index in [-0.39, 0.29) is 11.2 Å². The molecule has 0 aliphatic carbocycles. The molecule has 0 aromatic heterocycles. The number of likely N-dealkylation sites (tertiary alicyclic amines) is 1. The molecular formula is C8H13NO2S. The Bertz CT molecular complexity index is 191. The Morgan fingerprint density at radius 2 is 2.42 bits per heavy atom. The van der Waals surface area contributed by atoms with Crippen LogP contribution < -0.4 is 0 Å². The summed E-state index contributed by atoms with van der Waals surface area (Å²) in [4.78, 5) is 13.3. The minimum absolute atomic E-state index is 0.234. The van der Waals surface area contributed by atoms with E-state index in [1.165, 1.54) is 0 Å². The van der Waals surface area contributed by atoms with Crippen molar-refractivity contribution in [3.8, 4) is 0 Å². The second-order valence-corrected chi connectivity index (χ2v) is 4.15. The fraction of sp³-hybridized carbons (Fsp3) is 0.875. The van der Waals surface area contributed by atoms with Gasteiger partial charge >= 0.3 is 0 Å². The van der Waals surface area contributed by atoms with Gasteiger partial charge in [-0.25, -0.2) is 0 Å². The zero-order chi connectivity index (χ0) is 8.55. The van der Waals surface area contributed by atoms with Gasteiger partial charge in [-0.2, -0.15) is 12.6 Å². The number of carbonyl (C=O) groups excluding carboxylic acids is 1. The SMILES string of the molecule is O=C1CC(S)CN1[C@@H]1CCOC1. The van der Waals surface area contributed by atoms with Crippen LogP contribution in [0.4, 0.5) is 0 Å². The standard InChI is InChI=1S/C8H13NO2S/c10-8-3-7(12)4-9(8)6-1-2-11-5-6/h6-7,12H,1-5H2/t6-,7?/m1/s1. The van der Waals surface area contributed by atoms with E-state index in [1.807, 2.05) is 4.90 Å². The predicted molar refractivity (Wildman–Crippen MR) is 48.3 cm³/mol. The maximum atomic E-state index is 11.4. The van der Waals surface area contributed by atoms with Gasteiger partial charge in [0.15, 0.2) is 0 Å². The Balaban J connectivity index is 1.98. The van der Waals surface area contributed by atoms with Crippen LogP contribution in [0.1, 0.15) is 12.8 Å². The normalized spacial score (nSPS) is 36.4. The quantitative estimate of drug-likeness (QED) is 0.599.